The first-order valence-corrected chi connectivity index (χ1v) is 6.72. The molecule has 0 aliphatic heterocycles. The number of carbonyl (C=O) groups excluding carboxylic acids is 1. The SMILES string of the molecule is N#C/C(=C/c1ccsc1)C(=O)Nc1ccccc1Cl. The van der Waals surface area contributed by atoms with Crippen LogP contribution in [0.5, 0.6) is 0 Å². The van der Waals surface area contributed by atoms with Gasteiger partial charge in [-0.05, 0) is 40.6 Å². The molecule has 0 unspecified atom stereocenters. The van der Waals surface area contributed by atoms with E-state index in [1.165, 1.54) is 11.3 Å². The average Bonchev–Trinajstić information content (AvgIpc) is 2.91. The van der Waals surface area contributed by atoms with Gasteiger partial charge in [0.2, 0.25) is 0 Å². The molecule has 0 saturated heterocycles. The molecule has 0 fully saturated rings. The normalized spacial score (nSPS) is 10.8. The largest absolute Gasteiger partial charge is 0.320 e. The van der Waals surface area contributed by atoms with Gasteiger partial charge in [0.1, 0.15) is 11.6 Å². The molecule has 2 aromatic rings. The van der Waals surface area contributed by atoms with Crippen molar-refractivity contribution in [2.24, 2.45) is 0 Å². The molecule has 1 heterocycles. The summed E-state index contributed by atoms with van der Waals surface area (Å²) >= 11 is 7.45. The summed E-state index contributed by atoms with van der Waals surface area (Å²) in [5.74, 6) is -0.471. The van der Waals surface area contributed by atoms with Crippen LogP contribution >= 0.6 is 22.9 Å². The van der Waals surface area contributed by atoms with Gasteiger partial charge in [0.15, 0.2) is 0 Å². The van der Waals surface area contributed by atoms with Gasteiger partial charge < -0.3 is 5.32 Å². The van der Waals surface area contributed by atoms with Gasteiger partial charge in [0.05, 0.1) is 10.7 Å². The lowest BCUT2D eigenvalue weighted by Crippen LogP contribution is -2.13. The Hall–Kier alpha value is -2.09. The molecular formula is C14H9ClN2OS. The fourth-order valence-corrected chi connectivity index (χ4v) is 2.23. The molecule has 1 aromatic carbocycles. The van der Waals surface area contributed by atoms with E-state index in [1.807, 2.05) is 22.9 Å². The van der Waals surface area contributed by atoms with Crippen LogP contribution in [-0.4, -0.2) is 5.91 Å². The third-order valence-electron chi connectivity index (χ3n) is 2.34. The summed E-state index contributed by atoms with van der Waals surface area (Å²) < 4.78 is 0. The molecular weight excluding hydrogens is 280 g/mol. The maximum absolute atomic E-state index is 12.0. The van der Waals surface area contributed by atoms with E-state index in [0.29, 0.717) is 10.7 Å². The van der Waals surface area contributed by atoms with Gasteiger partial charge in [-0.1, -0.05) is 23.7 Å². The lowest BCUT2D eigenvalue weighted by molar-refractivity contribution is -0.112. The molecule has 0 atom stereocenters. The molecule has 0 saturated carbocycles. The fourth-order valence-electron chi connectivity index (χ4n) is 1.42. The first kappa shape index (κ1) is 13.3. The second-order valence-corrected chi connectivity index (χ2v) is 4.85. The van der Waals surface area contributed by atoms with E-state index in [1.54, 1.807) is 30.3 Å². The Balaban J connectivity index is 2.19. The number of nitriles is 1. The number of halogens is 1. The molecule has 0 bridgehead atoms. The maximum atomic E-state index is 12.0. The Morgan fingerprint density at radius 3 is 2.79 bits per heavy atom. The molecule has 94 valence electrons. The van der Waals surface area contributed by atoms with E-state index in [-0.39, 0.29) is 5.57 Å². The van der Waals surface area contributed by atoms with Crippen molar-refractivity contribution in [2.45, 2.75) is 0 Å². The van der Waals surface area contributed by atoms with Gasteiger partial charge in [-0.3, -0.25) is 4.79 Å². The van der Waals surface area contributed by atoms with E-state index >= 15 is 0 Å². The molecule has 1 N–H and O–H groups in total. The quantitative estimate of drug-likeness (QED) is 0.687. The number of hydrogen-bond donors (Lipinski definition) is 1. The van der Waals surface area contributed by atoms with Crippen LogP contribution in [0.4, 0.5) is 5.69 Å². The summed E-state index contributed by atoms with van der Waals surface area (Å²) in [5.41, 5.74) is 1.36. The number of amides is 1. The summed E-state index contributed by atoms with van der Waals surface area (Å²) in [6, 6.07) is 10.6. The molecule has 5 heteroatoms. The zero-order chi connectivity index (χ0) is 13.7. The smallest absolute Gasteiger partial charge is 0.266 e. The van der Waals surface area contributed by atoms with E-state index in [0.717, 1.165) is 5.56 Å². The number of thiophene rings is 1. The highest BCUT2D eigenvalue weighted by atomic mass is 35.5. The number of benzene rings is 1. The monoisotopic (exact) mass is 288 g/mol. The van der Waals surface area contributed by atoms with Gasteiger partial charge in [-0.15, -0.1) is 0 Å². The van der Waals surface area contributed by atoms with Gasteiger partial charge in [0.25, 0.3) is 5.91 Å². The second-order valence-electron chi connectivity index (χ2n) is 3.66. The molecule has 0 aliphatic rings. The van der Waals surface area contributed by atoms with Crippen LogP contribution in [0.1, 0.15) is 5.56 Å². The lowest BCUT2D eigenvalue weighted by Gasteiger charge is -2.05. The highest BCUT2D eigenvalue weighted by molar-refractivity contribution is 7.08. The van der Waals surface area contributed by atoms with Crippen molar-refractivity contribution in [3.63, 3.8) is 0 Å². The Bertz CT molecular complexity index is 656. The Kier molecular flexibility index (Phi) is 4.35. The minimum absolute atomic E-state index is 0.0401. The van der Waals surface area contributed by atoms with Gasteiger partial charge in [-0.25, -0.2) is 0 Å². The summed E-state index contributed by atoms with van der Waals surface area (Å²) in [7, 11) is 0. The number of carbonyl (C=O) groups is 1. The molecule has 0 spiro atoms. The average molecular weight is 289 g/mol. The van der Waals surface area contributed by atoms with E-state index in [9.17, 15) is 4.79 Å². The van der Waals surface area contributed by atoms with Crippen LogP contribution in [0.25, 0.3) is 6.08 Å². The number of para-hydroxylation sites is 1. The first-order valence-electron chi connectivity index (χ1n) is 5.40. The standard InChI is InChI=1S/C14H9ClN2OS/c15-12-3-1-2-4-13(12)17-14(18)11(8-16)7-10-5-6-19-9-10/h1-7,9H,(H,17,18)/b11-7-. The van der Waals surface area contributed by atoms with Crippen LogP contribution in [0.3, 0.4) is 0 Å². The predicted molar refractivity (Wildman–Crippen MR) is 78.0 cm³/mol. The second kappa shape index (κ2) is 6.19. The first-order chi connectivity index (χ1) is 9.20. The van der Waals surface area contributed by atoms with Gasteiger partial charge >= 0.3 is 0 Å². The van der Waals surface area contributed by atoms with E-state index in [4.69, 9.17) is 16.9 Å². The molecule has 1 aromatic heterocycles. The summed E-state index contributed by atoms with van der Waals surface area (Å²) in [4.78, 5) is 12.0. The summed E-state index contributed by atoms with van der Waals surface area (Å²) in [6.07, 6.45) is 1.54. The highest BCUT2D eigenvalue weighted by Gasteiger charge is 2.11. The van der Waals surface area contributed by atoms with Crippen molar-refractivity contribution < 1.29 is 4.79 Å². The van der Waals surface area contributed by atoms with E-state index in [2.05, 4.69) is 5.32 Å². The molecule has 3 nitrogen and oxygen atoms in total. The topological polar surface area (TPSA) is 52.9 Å². The molecule has 0 aliphatic carbocycles. The Morgan fingerprint density at radius 1 is 1.37 bits per heavy atom. The van der Waals surface area contributed by atoms with Crippen LogP contribution in [-0.2, 0) is 4.79 Å². The van der Waals surface area contributed by atoms with Crippen molar-refractivity contribution in [2.75, 3.05) is 5.32 Å². The van der Waals surface area contributed by atoms with Crippen molar-refractivity contribution in [1.82, 2.24) is 0 Å². The number of nitrogens with one attached hydrogen (secondary N) is 1. The number of hydrogen-bond acceptors (Lipinski definition) is 3. The number of nitrogens with zero attached hydrogens (tertiary/aromatic N) is 1. The summed E-state index contributed by atoms with van der Waals surface area (Å²) in [5, 5.41) is 15.8. The molecule has 2 rings (SSSR count). The van der Waals surface area contributed by atoms with Crippen LogP contribution in [0, 0.1) is 11.3 Å². The lowest BCUT2D eigenvalue weighted by atomic mass is 10.2. The molecule has 0 radical (unpaired) electrons. The molecule has 19 heavy (non-hydrogen) atoms. The number of rotatable bonds is 3. The number of anilines is 1. The third-order valence-corrected chi connectivity index (χ3v) is 3.37. The van der Waals surface area contributed by atoms with Crippen LogP contribution in [0.2, 0.25) is 5.02 Å². The zero-order valence-electron chi connectivity index (χ0n) is 9.76. The van der Waals surface area contributed by atoms with Crippen molar-refractivity contribution in [3.8, 4) is 6.07 Å². The minimum Gasteiger partial charge on any atom is -0.320 e. The predicted octanol–water partition coefficient (Wildman–Crippen LogP) is 3.95. The van der Waals surface area contributed by atoms with Crippen molar-refractivity contribution >= 4 is 40.6 Å². The van der Waals surface area contributed by atoms with Crippen LogP contribution < -0.4 is 5.32 Å². The third kappa shape index (κ3) is 3.44. The molecule has 1 amide bonds. The maximum Gasteiger partial charge on any atom is 0.266 e. The van der Waals surface area contributed by atoms with Crippen molar-refractivity contribution in [3.05, 3.63) is 57.3 Å². The summed E-state index contributed by atoms with van der Waals surface area (Å²) in [6.45, 7) is 0. The van der Waals surface area contributed by atoms with Crippen molar-refractivity contribution in [1.29, 1.82) is 5.26 Å². The zero-order valence-corrected chi connectivity index (χ0v) is 11.3. The van der Waals surface area contributed by atoms with Crippen LogP contribution in [0.15, 0.2) is 46.7 Å². The fraction of sp³-hybridized carbons (Fsp3) is 0. The van der Waals surface area contributed by atoms with E-state index < -0.39 is 5.91 Å². The Labute approximate surface area is 119 Å². The van der Waals surface area contributed by atoms with Gasteiger partial charge in [-0.2, -0.15) is 16.6 Å². The highest BCUT2D eigenvalue weighted by Crippen LogP contribution is 2.21. The minimum atomic E-state index is -0.471. The van der Waals surface area contributed by atoms with Gasteiger partial charge in [0, 0.05) is 0 Å². The Morgan fingerprint density at radius 2 is 2.16 bits per heavy atom.